The van der Waals surface area contributed by atoms with Crippen LogP contribution in [0, 0.1) is 5.41 Å². The van der Waals surface area contributed by atoms with E-state index in [0.29, 0.717) is 13.0 Å². The summed E-state index contributed by atoms with van der Waals surface area (Å²) in [6.07, 6.45) is 2.47. The Kier molecular flexibility index (Phi) is 7.14. The molecule has 0 amide bonds. The first-order chi connectivity index (χ1) is 13.6. The fourth-order valence-corrected chi connectivity index (χ4v) is 5.55. The summed E-state index contributed by atoms with van der Waals surface area (Å²) < 4.78 is 5.21. The van der Waals surface area contributed by atoms with Crippen molar-refractivity contribution in [3.63, 3.8) is 0 Å². The highest BCUT2D eigenvalue weighted by Gasteiger charge is 2.40. The number of hydrogen-bond acceptors (Lipinski definition) is 5. The van der Waals surface area contributed by atoms with Crippen molar-refractivity contribution in [2.45, 2.75) is 36.0 Å². The van der Waals surface area contributed by atoms with E-state index in [1.807, 2.05) is 18.7 Å². The molecule has 2 aliphatic heterocycles. The molecular formula is C23H29ClN2O2S. The number of carbonyl (C=O) groups excluding carboxylic acids is 1. The number of rotatable bonds is 6. The number of nitrogens with zero attached hydrogens (tertiary/aromatic N) is 2. The van der Waals surface area contributed by atoms with Crippen LogP contribution >= 0.6 is 24.2 Å². The summed E-state index contributed by atoms with van der Waals surface area (Å²) in [5.41, 5.74) is 2.64. The monoisotopic (exact) mass is 432 g/mol. The standard InChI is InChI=1S/C23H28N2O2S.ClH/c1-3-27-22(26)12-13-23(14-15-24(2)16-23)17-25-18-8-4-6-10-20(18)28-21-11-7-5-9-19(21)25;/h4-11H,3,12-17H2,1-2H3;1H. The summed E-state index contributed by atoms with van der Waals surface area (Å²) in [6, 6.07) is 17.3. The first kappa shape index (κ1) is 22.0. The Morgan fingerprint density at radius 1 is 1.10 bits per heavy atom. The number of fused-ring (bicyclic) bond motifs is 2. The number of halogens is 1. The van der Waals surface area contributed by atoms with Gasteiger partial charge in [-0.05, 0) is 57.6 Å². The highest BCUT2D eigenvalue weighted by atomic mass is 35.5. The molecule has 0 radical (unpaired) electrons. The van der Waals surface area contributed by atoms with Crippen molar-refractivity contribution >= 4 is 41.5 Å². The van der Waals surface area contributed by atoms with Crippen molar-refractivity contribution in [3.8, 4) is 0 Å². The summed E-state index contributed by atoms with van der Waals surface area (Å²) >= 11 is 1.84. The largest absolute Gasteiger partial charge is 0.466 e. The van der Waals surface area contributed by atoms with Crippen LogP contribution in [0.3, 0.4) is 0 Å². The van der Waals surface area contributed by atoms with Crippen molar-refractivity contribution in [1.29, 1.82) is 0 Å². The lowest BCUT2D eigenvalue weighted by Crippen LogP contribution is -2.39. The maximum absolute atomic E-state index is 12.1. The van der Waals surface area contributed by atoms with Crippen LogP contribution < -0.4 is 4.90 Å². The number of esters is 1. The molecule has 2 aliphatic rings. The molecule has 4 nitrogen and oxygen atoms in total. The fourth-order valence-electron chi connectivity index (χ4n) is 4.46. The number of carbonyl (C=O) groups is 1. The van der Waals surface area contributed by atoms with Gasteiger partial charge in [-0.1, -0.05) is 36.0 Å². The molecule has 1 fully saturated rings. The Balaban J connectivity index is 0.00000240. The van der Waals surface area contributed by atoms with Gasteiger partial charge in [-0.25, -0.2) is 0 Å². The van der Waals surface area contributed by atoms with Crippen molar-refractivity contribution in [2.75, 3.05) is 38.2 Å². The highest BCUT2D eigenvalue weighted by molar-refractivity contribution is 7.99. The maximum atomic E-state index is 12.1. The molecule has 156 valence electrons. The minimum absolute atomic E-state index is 0. The molecule has 29 heavy (non-hydrogen) atoms. The second-order valence-corrected chi connectivity index (χ2v) is 9.00. The lowest BCUT2D eigenvalue weighted by molar-refractivity contribution is -0.143. The Morgan fingerprint density at radius 3 is 2.28 bits per heavy atom. The molecule has 1 atom stereocenters. The molecule has 2 aromatic rings. The quantitative estimate of drug-likeness (QED) is 0.572. The van der Waals surface area contributed by atoms with E-state index in [9.17, 15) is 4.79 Å². The molecule has 2 heterocycles. The number of likely N-dealkylation sites (tertiary alicyclic amines) is 1. The van der Waals surface area contributed by atoms with Gasteiger partial charge in [0.25, 0.3) is 0 Å². The van der Waals surface area contributed by atoms with Crippen LogP contribution in [0.1, 0.15) is 26.2 Å². The van der Waals surface area contributed by atoms with Crippen LogP contribution in [-0.2, 0) is 9.53 Å². The summed E-state index contributed by atoms with van der Waals surface area (Å²) in [7, 11) is 2.18. The Labute approximate surface area is 184 Å². The molecule has 0 bridgehead atoms. The lowest BCUT2D eigenvalue weighted by atomic mass is 9.81. The van der Waals surface area contributed by atoms with E-state index in [4.69, 9.17) is 4.74 Å². The van der Waals surface area contributed by atoms with Crippen LogP contribution in [0.5, 0.6) is 0 Å². The first-order valence-electron chi connectivity index (χ1n) is 10.1. The first-order valence-corrected chi connectivity index (χ1v) is 10.9. The Bertz CT molecular complexity index is 817. The molecular weight excluding hydrogens is 404 g/mol. The number of para-hydroxylation sites is 2. The van der Waals surface area contributed by atoms with Gasteiger partial charge in [-0.3, -0.25) is 4.79 Å². The van der Waals surface area contributed by atoms with Crippen LogP contribution in [0.15, 0.2) is 58.3 Å². The van der Waals surface area contributed by atoms with Gasteiger partial charge in [0.05, 0.1) is 18.0 Å². The Hall–Kier alpha value is -1.69. The smallest absolute Gasteiger partial charge is 0.305 e. The summed E-state index contributed by atoms with van der Waals surface area (Å²) in [5.74, 6) is -0.0774. The maximum Gasteiger partial charge on any atom is 0.305 e. The van der Waals surface area contributed by atoms with Crippen molar-refractivity contribution in [3.05, 3.63) is 48.5 Å². The molecule has 2 aromatic carbocycles. The molecule has 0 aliphatic carbocycles. The second kappa shape index (κ2) is 9.41. The zero-order valence-electron chi connectivity index (χ0n) is 17.1. The van der Waals surface area contributed by atoms with Crippen molar-refractivity contribution in [2.24, 2.45) is 5.41 Å². The zero-order valence-corrected chi connectivity index (χ0v) is 18.7. The minimum Gasteiger partial charge on any atom is -0.466 e. The number of anilines is 2. The molecule has 0 spiro atoms. The molecule has 1 unspecified atom stereocenters. The summed E-state index contributed by atoms with van der Waals surface area (Å²) in [6.45, 7) is 5.34. The fraction of sp³-hybridized carbons (Fsp3) is 0.435. The summed E-state index contributed by atoms with van der Waals surface area (Å²) in [4.78, 5) is 19.5. The van der Waals surface area contributed by atoms with Gasteiger partial charge in [0.15, 0.2) is 0 Å². The van der Waals surface area contributed by atoms with Crippen LogP contribution in [-0.4, -0.2) is 44.2 Å². The lowest BCUT2D eigenvalue weighted by Gasteiger charge is -2.40. The van der Waals surface area contributed by atoms with Crippen LogP contribution in [0.4, 0.5) is 11.4 Å². The average Bonchev–Trinajstić information content (AvgIpc) is 3.07. The molecule has 0 saturated carbocycles. The van der Waals surface area contributed by atoms with Gasteiger partial charge >= 0.3 is 5.97 Å². The normalized spacial score (nSPS) is 20.6. The molecule has 0 N–H and O–H groups in total. The van der Waals surface area contributed by atoms with Gasteiger partial charge < -0.3 is 14.5 Å². The van der Waals surface area contributed by atoms with Gasteiger partial charge in [0.2, 0.25) is 0 Å². The molecule has 1 saturated heterocycles. The van der Waals surface area contributed by atoms with Crippen molar-refractivity contribution in [1.82, 2.24) is 4.90 Å². The third-order valence-corrected chi connectivity index (χ3v) is 6.95. The van der Waals surface area contributed by atoms with Gasteiger partial charge in [-0.15, -0.1) is 12.4 Å². The van der Waals surface area contributed by atoms with Gasteiger partial charge in [0, 0.05) is 34.7 Å². The van der Waals surface area contributed by atoms with Crippen molar-refractivity contribution < 1.29 is 9.53 Å². The average molecular weight is 433 g/mol. The summed E-state index contributed by atoms with van der Waals surface area (Å²) in [5, 5.41) is 0. The van der Waals surface area contributed by atoms with E-state index < -0.39 is 0 Å². The minimum atomic E-state index is -0.0774. The predicted octanol–water partition coefficient (Wildman–Crippen LogP) is 5.38. The van der Waals surface area contributed by atoms with E-state index in [-0.39, 0.29) is 23.8 Å². The molecule has 0 aromatic heterocycles. The van der Waals surface area contributed by atoms with E-state index in [1.54, 1.807) is 0 Å². The topological polar surface area (TPSA) is 32.8 Å². The van der Waals surface area contributed by atoms with E-state index in [2.05, 4.69) is 65.4 Å². The Morgan fingerprint density at radius 2 is 1.72 bits per heavy atom. The zero-order chi connectivity index (χ0) is 19.6. The molecule has 4 rings (SSSR count). The SMILES string of the molecule is CCOC(=O)CCC1(CN2c3ccccc3Sc3ccccc32)CCN(C)C1.Cl. The number of hydrogen-bond donors (Lipinski definition) is 0. The van der Waals surface area contributed by atoms with E-state index >= 15 is 0 Å². The second-order valence-electron chi connectivity index (χ2n) is 7.92. The highest BCUT2D eigenvalue weighted by Crippen LogP contribution is 2.50. The van der Waals surface area contributed by atoms with Crippen LogP contribution in [0.2, 0.25) is 0 Å². The third-order valence-electron chi connectivity index (χ3n) is 5.82. The van der Waals surface area contributed by atoms with Gasteiger partial charge in [0.1, 0.15) is 0 Å². The predicted molar refractivity (Wildman–Crippen MR) is 122 cm³/mol. The third kappa shape index (κ3) is 4.73. The number of ether oxygens (including phenoxy) is 1. The molecule has 6 heteroatoms. The van der Waals surface area contributed by atoms with Crippen LogP contribution in [0.25, 0.3) is 0 Å². The van der Waals surface area contributed by atoms with Gasteiger partial charge in [-0.2, -0.15) is 0 Å². The number of benzene rings is 2. The van der Waals surface area contributed by atoms with E-state index in [0.717, 1.165) is 32.5 Å². The van der Waals surface area contributed by atoms with E-state index in [1.165, 1.54) is 21.2 Å².